The molecule has 0 amide bonds. The molecule has 0 aromatic heterocycles. The Morgan fingerprint density at radius 1 is 1.23 bits per heavy atom. The van der Waals surface area contributed by atoms with Gasteiger partial charge in [0.2, 0.25) is 0 Å². The second-order valence-corrected chi connectivity index (χ2v) is 11.3. The largest absolute Gasteiger partial charge is 0.462 e. The minimum absolute atomic E-state index is 0.0118. The lowest BCUT2D eigenvalue weighted by Crippen LogP contribution is -2.51. The summed E-state index contributed by atoms with van der Waals surface area (Å²) >= 11 is 6.03. The van der Waals surface area contributed by atoms with Crippen LogP contribution in [0.1, 0.15) is 51.0 Å². The van der Waals surface area contributed by atoms with Gasteiger partial charge in [-0.05, 0) is 73.1 Å². The second kappa shape index (κ2) is 7.33. The molecule has 4 fully saturated rings. The van der Waals surface area contributed by atoms with Crippen molar-refractivity contribution in [1.29, 1.82) is 0 Å². The molecular formula is C26H32ClNO3. The molecule has 1 spiro atoms. The highest BCUT2D eigenvalue weighted by Crippen LogP contribution is 2.62. The zero-order valence-electron chi connectivity index (χ0n) is 18.3. The highest BCUT2D eigenvalue weighted by Gasteiger charge is 2.65. The molecule has 0 bridgehead atoms. The number of carbonyl (C=O) groups excluding carboxylic acids is 1. The van der Waals surface area contributed by atoms with Gasteiger partial charge in [0.05, 0.1) is 18.1 Å². The van der Waals surface area contributed by atoms with Crippen LogP contribution in [-0.4, -0.2) is 48.8 Å². The molecular weight excluding hydrogens is 410 g/mol. The van der Waals surface area contributed by atoms with Crippen LogP contribution < -0.4 is 0 Å². The van der Waals surface area contributed by atoms with Crippen molar-refractivity contribution >= 4 is 23.1 Å². The van der Waals surface area contributed by atoms with E-state index in [1.54, 1.807) is 0 Å². The van der Waals surface area contributed by atoms with Crippen molar-refractivity contribution in [2.24, 2.45) is 23.2 Å². The SMILES string of the molecule is C[C@]12CCC[C@]3(CO3)[C@H]1C[C@H]1[C@@H](C2)OC(=O)[C@@H]1CN1CC=C(c2ccc(Cl)cc2)CC1. The molecule has 6 rings (SSSR count). The van der Waals surface area contributed by atoms with E-state index in [9.17, 15) is 4.79 Å². The lowest BCUT2D eigenvalue weighted by Gasteiger charge is -2.51. The van der Waals surface area contributed by atoms with E-state index in [-0.39, 0.29) is 29.0 Å². The van der Waals surface area contributed by atoms with Crippen molar-refractivity contribution in [1.82, 2.24) is 4.90 Å². The average molecular weight is 442 g/mol. The second-order valence-electron chi connectivity index (χ2n) is 10.8. The van der Waals surface area contributed by atoms with Gasteiger partial charge in [-0.25, -0.2) is 0 Å². The molecule has 31 heavy (non-hydrogen) atoms. The average Bonchev–Trinajstić information content (AvgIpc) is 3.46. The van der Waals surface area contributed by atoms with E-state index in [0.29, 0.717) is 11.8 Å². The number of halogens is 1. The number of nitrogens with zero attached hydrogens (tertiary/aromatic N) is 1. The Balaban J connectivity index is 1.15. The molecule has 5 aliphatic rings. The molecule has 1 aromatic rings. The first-order chi connectivity index (χ1) is 15.0. The van der Waals surface area contributed by atoms with Gasteiger partial charge in [-0.15, -0.1) is 0 Å². The minimum atomic E-state index is 0.0118. The number of fused-ring (bicyclic) bond motifs is 3. The summed E-state index contributed by atoms with van der Waals surface area (Å²) < 4.78 is 12.0. The third-order valence-corrected chi connectivity index (χ3v) is 9.29. The van der Waals surface area contributed by atoms with E-state index in [2.05, 4.69) is 30.0 Å². The standard InChI is InChI=1S/C26H32ClNO3/c1-25-9-2-10-26(16-30-26)23(25)13-20-21(24(29)31-22(20)14-25)15-28-11-7-18(8-12-28)17-3-5-19(27)6-4-17/h3-7,20-23H,2,8-16H2,1H3/t20-,21-,22-,23+,25-,26+/m1/s1. The minimum Gasteiger partial charge on any atom is -0.462 e. The summed E-state index contributed by atoms with van der Waals surface area (Å²) in [6.45, 7) is 6.05. The van der Waals surface area contributed by atoms with Crippen LogP contribution in [0, 0.1) is 23.2 Å². The first-order valence-corrected chi connectivity index (χ1v) is 12.4. The highest BCUT2D eigenvalue weighted by atomic mass is 35.5. The van der Waals surface area contributed by atoms with Crippen molar-refractivity contribution < 1.29 is 14.3 Å². The topological polar surface area (TPSA) is 42.1 Å². The number of esters is 1. The first kappa shape index (κ1) is 20.3. The molecule has 3 heterocycles. The van der Waals surface area contributed by atoms with E-state index >= 15 is 0 Å². The quantitative estimate of drug-likeness (QED) is 0.491. The fraction of sp³-hybridized carbons (Fsp3) is 0.654. The molecule has 0 radical (unpaired) electrons. The van der Waals surface area contributed by atoms with E-state index in [1.807, 2.05) is 12.1 Å². The Bertz CT molecular complexity index is 908. The van der Waals surface area contributed by atoms with Crippen LogP contribution in [0.4, 0.5) is 0 Å². The van der Waals surface area contributed by atoms with Crippen molar-refractivity contribution in [2.75, 3.05) is 26.2 Å². The molecule has 5 heteroatoms. The number of ether oxygens (including phenoxy) is 2. The Labute approximate surface area is 189 Å². The number of carbonyl (C=O) groups is 1. The van der Waals surface area contributed by atoms with Gasteiger partial charge in [-0.3, -0.25) is 9.69 Å². The molecule has 4 nitrogen and oxygen atoms in total. The van der Waals surface area contributed by atoms with Crippen LogP contribution in [0.3, 0.4) is 0 Å². The maximum Gasteiger partial charge on any atom is 0.310 e. The van der Waals surface area contributed by atoms with E-state index in [1.165, 1.54) is 30.4 Å². The summed E-state index contributed by atoms with van der Waals surface area (Å²) in [5.41, 5.74) is 3.02. The van der Waals surface area contributed by atoms with Crippen LogP contribution >= 0.6 is 11.6 Å². The van der Waals surface area contributed by atoms with Crippen LogP contribution in [0.25, 0.3) is 5.57 Å². The van der Waals surface area contributed by atoms with Crippen molar-refractivity contribution in [3.05, 3.63) is 40.9 Å². The molecule has 6 atom stereocenters. The van der Waals surface area contributed by atoms with E-state index in [0.717, 1.165) is 50.5 Å². The maximum absolute atomic E-state index is 12.9. The Hall–Kier alpha value is -1.36. The summed E-state index contributed by atoms with van der Waals surface area (Å²) in [5, 5.41) is 0.774. The molecule has 0 N–H and O–H groups in total. The fourth-order valence-corrected chi connectivity index (χ4v) is 7.37. The predicted molar refractivity (Wildman–Crippen MR) is 121 cm³/mol. The smallest absolute Gasteiger partial charge is 0.310 e. The number of hydrogen-bond acceptors (Lipinski definition) is 4. The van der Waals surface area contributed by atoms with Gasteiger partial charge in [0.25, 0.3) is 0 Å². The van der Waals surface area contributed by atoms with Crippen LogP contribution in [0.5, 0.6) is 0 Å². The Morgan fingerprint density at radius 3 is 2.74 bits per heavy atom. The van der Waals surface area contributed by atoms with Gasteiger partial charge in [0, 0.05) is 30.6 Å². The van der Waals surface area contributed by atoms with Crippen LogP contribution in [-0.2, 0) is 14.3 Å². The number of hydrogen-bond donors (Lipinski definition) is 0. The molecule has 1 aromatic carbocycles. The fourth-order valence-electron chi connectivity index (χ4n) is 7.25. The van der Waals surface area contributed by atoms with E-state index in [4.69, 9.17) is 21.1 Å². The molecule has 3 aliphatic heterocycles. The van der Waals surface area contributed by atoms with Gasteiger partial charge in [-0.1, -0.05) is 36.7 Å². The summed E-state index contributed by atoms with van der Waals surface area (Å²) in [6, 6.07) is 8.11. The third-order valence-electron chi connectivity index (χ3n) is 9.04. The van der Waals surface area contributed by atoms with Gasteiger partial charge >= 0.3 is 5.97 Å². The third kappa shape index (κ3) is 3.46. The summed E-state index contributed by atoms with van der Waals surface area (Å²) in [5.74, 6) is 0.990. The van der Waals surface area contributed by atoms with Crippen molar-refractivity contribution in [3.8, 4) is 0 Å². The predicted octanol–water partition coefficient (Wildman–Crippen LogP) is 4.96. The lowest BCUT2D eigenvalue weighted by molar-refractivity contribution is -0.147. The van der Waals surface area contributed by atoms with Crippen molar-refractivity contribution in [3.63, 3.8) is 0 Å². The maximum atomic E-state index is 12.9. The molecule has 166 valence electrons. The Morgan fingerprint density at radius 2 is 2.03 bits per heavy atom. The normalized spacial score (nSPS) is 42.0. The molecule has 0 unspecified atom stereocenters. The zero-order chi connectivity index (χ0) is 21.2. The van der Waals surface area contributed by atoms with Crippen LogP contribution in [0.15, 0.2) is 30.3 Å². The Kier molecular flexibility index (Phi) is 4.79. The van der Waals surface area contributed by atoms with Gasteiger partial charge in [0.15, 0.2) is 0 Å². The van der Waals surface area contributed by atoms with Gasteiger partial charge in [0.1, 0.15) is 6.10 Å². The first-order valence-electron chi connectivity index (χ1n) is 12.0. The summed E-state index contributed by atoms with van der Waals surface area (Å²) in [7, 11) is 0. The molecule has 2 saturated heterocycles. The molecule has 2 aliphatic carbocycles. The number of epoxide rings is 1. The monoisotopic (exact) mass is 441 g/mol. The summed E-state index contributed by atoms with van der Waals surface area (Å²) in [6.07, 6.45) is 9.25. The van der Waals surface area contributed by atoms with Gasteiger partial charge in [-0.2, -0.15) is 0 Å². The number of rotatable bonds is 3. The highest BCUT2D eigenvalue weighted by molar-refractivity contribution is 6.30. The molecule has 2 saturated carbocycles. The number of benzene rings is 1. The van der Waals surface area contributed by atoms with Crippen molar-refractivity contribution in [2.45, 2.75) is 57.2 Å². The zero-order valence-corrected chi connectivity index (χ0v) is 19.1. The summed E-state index contributed by atoms with van der Waals surface area (Å²) in [4.78, 5) is 15.3. The lowest BCUT2D eigenvalue weighted by atomic mass is 9.53. The van der Waals surface area contributed by atoms with Gasteiger partial charge < -0.3 is 9.47 Å². The van der Waals surface area contributed by atoms with Crippen LogP contribution in [0.2, 0.25) is 5.02 Å². The van der Waals surface area contributed by atoms with E-state index < -0.39 is 0 Å².